The van der Waals surface area contributed by atoms with Crippen LogP contribution in [-0.4, -0.2) is 47.5 Å². The Balaban J connectivity index is 1.51. The Morgan fingerprint density at radius 2 is 1.72 bits per heavy atom. The van der Waals surface area contributed by atoms with Crippen molar-refractivity contribution in [2.45, 2.75) is 23.9 Å². The Morgan fingerprint density at radius 1 is 1.03 bits per heavy atom. The molecule has 32 heavy (non-hydrogen) atoms. The summed E-state index contributed by atoms with van der Waals surface area (Å²) < 4.78 is 0. The average Bonchev–Trinajstić information content (AvgIpc) is 3.02. The first-order chi connectivity index (χ1) is 15.3. The van der Waals surface area contributed by atoms with Crippen LogP contribution in [0.15, 0.2) is 71.6 Å². The Morgan fingerprint density at radius 3 is 2.44 bits per heavy atom. The molecule has 3 aromatic carbocycles. The maximum absolute atomic E-state index is 13.3. The van der Waals surface area contributed by atoms with Gasteiger partial charge in [-0.25, -0.2) is 4.79 Å². The predicted octanol–water partition coefficient (Wildman–Crippen LogP) is 3.99. The van der Waals surface area contributed by atoms with E-state index in [2.05, 4.69) is 5.32 Å². The number of likely N-dealkylation sites (N-methyl/N-ethyl adjacent to an activating group) is 1. The summed E-state index contributed by atoms with van der Waals surface area (Å²) in [4.78, 5) is 42.6. The van der Waals surface area contributed by atoms with Gasteiger partial charge in [-0.2, -0.15) is 0 Å². The van der Waals surface area contributed by atoms with E-state index >= 15 is 0 Å². The second-order valence-electron chi connectivity index (χ2n) is 8.07. The van der Waals surface area contributed by atoms with Crippen LogP contribution in [0, 0.1) is 0 Å². The molecular weight excluding hydrogens is 422 g/mol. The van der Waals surface area contributed by atoms with Crippen molar-refractivity contribution < 1.29 is 14.4 Å². The number of carbonyl (C=O) groups excluding carboxylic acids is 3. The lowest BCUT2D eigenvalue weighted by molar-refractivity contribution is -0.138. The predicted molar refractivity (Wildman–Crippen MR) is 126 cm³/mol. The highest BCUT2D eigenvalue weighted by Gasteiger charge is 2.50. The number of nitrogens with zero attached hydrogens (tertiary/aromatic N) is 2. The summed E-state index contributed by atoms with van der Waals surface area (Å²) in [5.41, 5.74) is 0.465. The maximum Gasteiger partial charge on any atom is 0.325 e. The molecule has 7 heteroatoms. The van der Waals surface area contributed by atoms with E-state index in [1.54, 1.807) is 25.7 Å². The highest BCUT2D eigenvalue weighted by Crippen LogP contribution is 2.33. The molecular formula is C25H25N3O3S. The highest BCUT2D eigenvalue weighted by molar-refractivity contribution is 7.98. The molecule has 0 radical (unpaired) electrons. The minimum Gasteiger partial charge on any atom is -0.340 e. The number of fused-ring (bicyclic) bond motifs is 1. The van der Waals surface area contributed by atoms with Gasteiger partial charge in [-0.3, -0.25) is 14.5 Å². The van der Waals surface area contributed by atoms with Gasteiger partial charge < -0.3 is 10.2 Å². The molecule has 0 saturated carbocycles. The quantitative estimate of drug-likeness (QED) is 0.458. The number of amides is 4. The Hall–Kier alpha value is -3.32. The van der Waals surface area contributed by atoms with Gasteiger partial charge >= 0.3 is 6.03 Å². The first kappa shape index (κ1) is 21.9. The van der Waals surface area contributed by atoms with E-state index < -0.39 is 17.5 Å². The van der Waals surface area contributed by atoms with Crippen molar-refractivity contribution >= 4 is 40.4 Å². The van der Waals surface area contributed by atoms with Gasteiger partial charge in [0.1, 0.15) is 12.1 Å². The van der Waals surface area contributed by atoms with Crippen molar-refractivity contribution in [2.75, 3.05) is 19.8 Å². The molecule has 0 aromatic heterocycles. The smallest absolute Gasteiger partial charge is 0.325 e. The highest BCUT2D eigenvalue weighted by atomic mass is 32.2. The molecule has 0 unspecified atom stereocenters. The largest absolute Gasteiger partial charge is 0.340 e. The SMILES string of the molecule is CSc1ccc(CN(C)C(=O)CN2C(=O)N[C@@](C)(c3cccc4ccccc34)C2=O)cc1. The summed E-state index contributed by atoms with van der Waals surface area (Å²) >= 11 is 1.65. The molecule has 0 aliphatic carbocycles. The number of benzene rings is 3. The summed E-state index contributed by atoms with van der Waals surface area (Å²) in [5.74, 6) is -0.727. The first-order valence-corrected chi connectivity index (χ1v) is 11.5. The van der Waals surface area contributed by atoms with Crippen molar-refractivity contribution in [2.24, 2.45) is 0 Å². The zero-order valence-corrected chi connectivity index (χ0v) is 19.1. The van der Waals surface area contributed by atoms with E-state index in [4.69, 9.17) is 0 Å². The molecule has 1 aliphatic heterocycles. The number of carbonyl (C=O) groups is 3. The minimum absolute atomic E-state index is 0.301. The number of hydrogen-bond donors (Lipinski definition) is 1. The first-order valence-electron chi connectivity index (χ1n) is 10.3. The topological polar surface area (TPSA) is 69.7 Å². The Labute approximate surface area is 191 Å². The maximum atomic E-state index is 13.3. The van der Waals surface area contributed by atoms with Crippen LogP contribution < -0.4 is 5.32 Å². The number of thioether (sulfide) groups is 1. The van der Waals surface area contributed by atoms with Crippen LogP contribution in [-0.2, 0) is 21.7 Å². The van der Waals surface area contributed by atoms with E-state index in [1.165, 1.54) is 4.90 Å². The van der Waals surface area contributed by atoms with Crippen LogP contribution in [0.2, 0.25) is 0 Å². The lowest BCUT2D eigenvalue weighted by Gasteiger charge is -2.24. The fraction of sp³-hybridized carbons (Fsp3) is 0.240. The molecule has 4 amide bonds. The van der Waals surface area contributed by atoms with Gasteiger partial charge in [0.25, 0.3) is 5.91 Å². The molecule has 1 saturated heterocycles. The van der Waals surface area contributed by atoms with Gasteiger partial charge in [-0.05, 0) is 47.2 Å². The Kier molecular flexibility index (Phi) is 5.93. The van der Waals surface area contributed by atoms with Crippen LogP contribution in [0.5, 0.6) is 0 Å². The summed E-state index contributed by atoms with van der Waals surface area (Å²) in [6.45, 7) is 1.79. The molecule has 4 rings (SSSR count). The van der Waals surface area contributed by atoms with Crippen LogP contribution >= 0.6 is 11.8 Å². The van der Waals surface area contributed by atoms with Crippen molar-refractivity contribution in [3.8, 4) is 0 Å². The van der Waals surface area contributed by atoms with Crippen molar-refractivity contribution in [3.63, 3.8) is 0 Å². The second-order valence-corrected chi connectivity index (χ2v) is 8.95. The van der Waals surface area contributed by atoms with E-state index in [1.807, 2.05) is 73.0 Å². The van der Waals surface area contributed by atoms with Crippen molar-refractivity contribution in [1.29, 1.82) is 0 Å². The van der Waals surface area contributed by atoms with Crippen molar-refractivity contribution in [1.82, 2.24) is 15.1 Å². The number of imide groups is 1. The molecule has 164 valence electrons. The molecule has 0 spiro atoms. The molecule has 0 bridgehead atoms. The van der Waals surface area contributed by atoms with Crippen LogP contribution in [0.3, 0.4) is 0 Å². The lowest BCUT2D eigenvalue weighted by Crippen LogP contribution is -2.43. The van der Waals surface area contributed by atoms with E-state index in [-0.39, 0.29) is 12.5 Å². The molecule has 1 N–H and O–H groups in total. The van der Waals surface area contributed by atoms with E-state index in [0.29, 0.717) is 12.1 Å². The molecule has 1 aliphatic rings. The average molecular weight is 448 g/mol. The zero-order chi connectivity index (χ0) is 22.9. The van der Waals surface area contributed by atoms with Crippen LogP contribution in [0.25, 0.3) is 10.8 Å². The Bertz CT molecular complexity index is 1190. The third-order valence-electron chi connectivity index (χ3n) is 5.90. The fourth-order valence-electron chi connectivity index (χ4n) is 4.03. The molecule has 3 aromatic rings. The minimum atomic E-state index is -1.23. The van der Waals surface area contributed by atoms with Gasteiger partial charge in [0.05, 0.1) is 0 Å². The number of urea groups is 1. The van der Waals surface area contributed by atoms with Gasteiger partial charge in [-0.1, -0.05) is 54.6 Å². The molecule has 1 heterocycles. The second kappa shape index (κ2) is 8.67. The molecule has 6 nitrogen and oxygen atoms in total. The fourth-order valence-corrected chi connectivity index (χ4v) is 4.44. The zero-order valence-electron chi connectivity index (χ0n) is 18.3. The third kappa shape index (κ3) is 3.96. The summed E-state index contributed by atoms with van der Waals surface area (Å²) in [5, 5.41) is 4.68. The van der Waals surface area contributed by atoms with Crippen molar-refractivity contribution in [3.05, 3.63) is 77.9 Å². The number of nitrogens with one attached hydrogen (secondary N) is 1. The monoisotopic (exact) mass is 447 g/mol. The number of hydrogen-bond acceptors (Lipinski definition) is 4. The summed E-state index contributed by atoms with van der Waals surface area (Å²) in [6, 6.07) is 20.8. The standard InChI is InChI=1S/C25H25N3O3S/c1-25(21-10-6-8-18-7-4-5-9-20(18)21)23(30)28(24(31)26-25)16-22(29)27(2)15-17-11-13-19(32-3)14-12-17/h4-14H,15-16H2,1-3H3,(H,26,31)/t25-/m0/s1. The van der Waals surface area contributed by atoms with E-state index in [9.17, 15) is 14.4 Å². The molecule has 1 fully saturated rings. The third-order valence-corrected chi connectivity index (χ3v) is 6.64. The van der Waals surface area contributed by atoms with Gasteiger partial charge in [-0.15, -0.1) is 11.8 Å². The lowest BCUT2D eigenvalue weighted by atomic mass is 9.88. The molecule has 1 atom stereocenters. The number of rotatable bonds is 6. The van der Waals surface area contributed by atoms with Crippen LogP contribution in [0.4, 0.5) is 4.79 Å². The summed E-state index contributed by atoms with van der Waals surface area (Å²) in [7, 11) is 1.67. The van der Waals surface area contributed by atoms with Crippen LogP contribution in [0.1, 0.15) is 18.1 Å². The summed E-state index contributed by atoms with van der Waals surface area (Å²) in [6.07, 6.45) is 2.01. The van der Waals surface area contributed by atoms with Gasteiger partial charge in [0.15, 0.2) is 0 Å². The van der Waals surface area contributed by atoms with Gasteiger partial charge in [0, 0.05) is 18.5 Å². The van der Waals surface area contributed by atoms with Gasteiger partial charge in [0.2, 0.25) is 5.91 Å². The van der Waals surface area contributed by atoms with E-state index in [0.717, 1.165) is 26.1 Å². The normalized spacial score (nSPS) is 18.2.